The SMILES string of the molecule is C=C(CNc1ncccc1[N+](=O)[O-])Cc1ccc(-c2ccccc2)cc1. The number of benzene rings is 2. The monoisotopic (exact) mass is 345 g/mol. The van der Waals surface area contributed by atoms with Crippen molar-refractivity contribution < 1.29 is 4.92 Å². The van der Waals surface area contributed by atoms with Gasteiger partial charge >= 0.3 is 5.69 Å². The van der Waals surface area contributed by atoms with Crippen LogP contribution >= 0.6 is 0 Å². The molecule has 26 heavy (non-hydrogen) atoms. The number of hydrogen-bond acceptors (Lipinski definition) is 4. The smallest absolute Gasteiger partial charge is 0.311 e. The summed E-state index contributed by atoms with van der Waals surface area (Å²) < 4.78 is 0. The molecule has 0 radical (unpaired) electrons. The van der Waals surface area contributed by atoms with Gasteiger partial charge in [-0.2, -0.15) is 0 Å². The maximum atomic E-state index is 11.0. The molecular weight excluding hydrogens is 326 g/mol. The molecule has 0 amide bonds. The summed E-state index contributed by atoms with van der Waals surface area (Å²) in [5.74, 6) is 0.262. The number of nitrogens with zero attached hydrogens (tertiary/aromatic N) is 2. The van der Waals surface area contributed by atoms with Gasteiger partial charge < -0.3 is 5.32 Å². The van der Waals surface area contributed by atoms with Gasteiger partial charge in [-0.25, -0.2) is 4.98 Å². The van der Waals surface area contributed by atoms with Crippen LogP contribution in [0.5, 0.6) is 0 Å². The van der Waals surface area contributed by atoms with Crippen LogP contribution in [0.4, 0.5) is 11.5 Å². The summed E-state index contributed by atoms with van der Waals surface area (Å²) in [6.45, 7) is 4.49. The fourth-order valence-corrected chi connectivity index (χ4v) is 2.69. The van der Waals surface area contributed by atoms with Gasteiger partial charge in [0.05, 0.1) is 4.92 Å². The van der Waals surface area contributed by atoms with Gasteiger partial charge in [0.1, 0.15) is 0 Å². The second-order valence-electron chi connectivity index (χ2n) is 5.97. The average Bonchev–Trinajstić information content (AvgIpc) is 2.68. The molecule has 0 fully saturated rings. The molecule has 0 bridgehead atoms. The maximum Gasteiger partial charge on any atom is 0.311 e. The molecule has 1 aromatic heterocycles. The Labute approximate surface area is 152 Å². The topological polar surface area (TPSA) is 68.1 Å². The van der Waals surface area contributed by atoms with E-state index < -0.39 is 4.92 Å². The summed E-state index contributed by atoms with van der Waals surface area (Å²) in [4.78, 5) is 14.6. The van der Waals surface area contributed by atoms with Crippen molar-refractivity contribution in [2.24, 2.45) is 0 Å². The second kappa shape index (κ2) is 8.07. The van der Waals surface area contributed by atoms with Crippen molar-refractivity contribution in [3.63, 3.8) is 0 Å². The Morgan fingerprint density at radius 1 is 1.00 bits per heavy atom. The minimum atomic E-state index is -0.444. The molecule has 5 heteroatoms. The van der Waals surface area contributed by atoms with Gasteiger partial charge in [0, 0.05) is 18.8 Å². The highest BCUT2D eigenvalue weighted by Crippen LogP contribution is 2.22. The van der Waals surface area contributed by atoms with Gasteiger partial charge in [-0.3, -0.25) is 10.1 Å². The first-order chi connectivity index (χ1) is 12.6. The number of nitrogens with one attached hydrogen (secondary N) is 1. The van der Waals surface area contributed by atoms with Gasteiger partial charge in [0.2, 0.25) is 5.82 Å². The lowest BCUT2D eigenvalue weighted by molar-refractivity contribution is -0.384. The average molecular weight is 345 g/mol. The molecule has 0 atom stereocenters. The van der Waals surface area contributed by atoms with Gasteiger partial charge in [0.25, 0.3) is 0 Å². The highest BCUT2D eigenvalue weighted by molar-refractivity contribution is 5.63. The fourth-order valence-electron chi connectivity index (χ4n) is 2.69. The van der Waals surface area contributed by atoms with Crippen LogP contribution in [-0.2, 0) is 6.42 Å². The second-order valence-corrected chi connectivity index (χ2v) is 5.97. The quantitative estimate of drug-likeness (QED) is 0.377. The van der Waals surface area contributed by atoms with Crippen molar-refractivity contribution in [1.82, 2.24) is 4.98 Å². The number of rotatable bonds is 7. The van der Waals surface area contributed by atoms with Crippen LogP contribution in [-0.4, -0.2) is 16.5 Å². The van der Waals surface area contributed by atoms with Gasteiger partial charge in [-0.15, -0.1) is 0 Å². The summed E-state index contributed by atoms with van der Waals surface area (Å²) in [7, 11) is 0. The molecule has 1 N–H and O–H groups in total. The number of anilines is 1. The fraction of sp³-hybridized carbons (Fsp3) is 0.0952. The van der Waals surface area contributed by atoms with E-state index in [2.05, 4.69) is 53.3 Å². The van der Waals surface area contributed by atoms with E-state index in [1.54, 1.807) is 6.07 Å². The zero-order chi connectivity index (χ0) is 18.4. The van der Waals surface area contributed by atoms with E-state index in [0.29, 0.717) is 13.0 Å². The summed E-state index contributed by atoms with van der Waals surface area (Å²) in [6, 6.07) is 21.5. The molecule has 0 aliphatic carbocycles. The van der Waals surface area contributed by atoms with Crippen LogP contribution in [0.2, 0.25) is 0 Å². The Balaban J connectivity index is 1.60. The highest BCUT2D eigenvalue weighted by Gasteiger charge is 2.13. The van der Waals surface area contributed by atoms with Crippen molar-refractivity contribution in [3.05, 3.63) is 101 Å². The maximum absolute atomic E-state index is 11.0. The normalized spacial score (nSPS) is 10.3. The van der Waals surface area contributed by atoms with E-state index in [-0.39, 0.29) is 11.5 Å². The van der Waals surface area contributed by atoms with Gasteiger partial charge in [-0.05, 0) is 29.2 Å². The molecule has 0 aliphatic rings. The number of hydrogen-bond donors (Lipinski definition) is 1. The number of pyridine rings is 1. The molecule has 1 heterocycles. The molecule has 0 unspecified atom stereocenters. The standard InChI is InChI=1S/C21H19N3O2/c1-16(15-23-21-20(24(25)26)8-5-13-22-21)14-17-9-11-19(12-10-17)18-6-3-2-4-7-18/h2-13H,1,14-15H2,(H,22,23). The van der Waals surface area contributed by atoms with Crippen LogP contribution < -0.4 is 5.32 Å². The molecular formula is C21H19N3O2. The summed E-state index contributed by atoms with van der Waals surface area (Å²) in [5, 5.41) is 14.0. The molecule has 2 aromatic carbocycles. The molecule has 3 rings (SSSR count). The third-order valence-electron chi connectivity index (χ3n) is 4.00. The summed E-state index contributed by atoms with van der Waals surface area (Å²) >= 11 is 0. The zero-order valence-corrected chi connectivity index (χ0v) is 14.3. The Morgan fingerprint density at radius 2 is 1.69 bits per heavy atom. The lowest BCUT2D eigenvalue weighted by Gasteiger charge is -2.09. The van der Waals surface area contributed by atoms with E-state index in [1.165, 1.54) is 23.4 Å². The Kier molecular flexibility index (Phi) is 5.39. The Morgan fingerprint density at radius 3 is 2.38 bits per heavy atom. The third kappa shape index (κ3) is 4.33. The van der Waals surface area contributed by atoms with E-state index in [0.717, 1.165) is 11.1 Å². The predicted octanol–water partition coefficient (Wildman–Crippen LogP) is 4.87. The first-order valence-electron chi connectivity index (χ1n) is 8.28. The van der Waals surface area contributed by atoms with Crippen LogP contribution in [0, 0.1) is 10.1 Å². The molecule has 0 saturated carbocycles. The van der Waals surface area contributed by atoms with Crippen LogP contribution in [0.1, 0.15) is 5.56 Å². The number of aromatic nitrogens is 1. The van der Waals surface area contributed by atoms with Gasteiger partial charge in [0.15, 0.2) is 0 Å². The minimum absolute atomic E-state index is 0.0347. The van der Waals surface area contributed by atoms with Crippen molar-refractivity contribution in [2.75, 3.05) is 11.9 Å². The lowest BCUT2D eigenvalue weighted by atomic mass is 10.0. The first kappa shape index (κ1) is 17.4. The van der Waals surface area contributed by atoms with Crippen molar-refractivity contribution in [2.45, 2.75) is 6.42 Å². The Hall–Kier alpha value is -3.47. The molecule has 5 nitrogen and oxygen atoms in total. The molecule has 130 valence electrons. The summed E-state index contributed by atoms with van der Waals surface area (Å²) in [5.41, 5.74) is 4.39. The van der Waals surface area contributed by atoms with Crippen LogP contribution in [0.25, 0.3) is 11.1 Å². The van der Waals surface area contributed by atoms with E-state index in [1.807, 2.05) is 18.2 Å². The van der Waals surface area contributed by atoms with Crippen LogP contribution in [0.15, 0.2) is 85.1 Å². The molecule has 0 saturated heterocycles. The summed E-state index contributed by atoms with van der Waals surface area (Å²) in [6.07, 6.45) is 2.23. The van der Waals surface area contributed by atoms with Crippen LogP contribution in [0.3, 0.4) is 0 Å². The molecule has 0 aliphatic heterocycles. The van der Waals surface area contributed by atoms with Crippen molar-refractivity contribution in [1.29, 1.82) is 0 Å². The van der Waals surface area contributed by atoms with E-state index >= 15 is 0 Å². The number of nitro groups is 1. The third-order valence-corrected chi connectivity index (χ3v) is 4.00. The molecule has 3 aromatic rings. The Bertz CT molecular complexity index is 906. The van der Waals surface area contributed by atoms with Crippen molar-refractivity contribution in [3.8, 4) is 11.1 Å². The predicted molar refractivity (Wildman–Crippen MR) is 104 cm³/mol. The first-order valence-corrected chi connectivity index (χ1v) is 8.28. The largest absolute Gasteiger partial charge is 0.361 e. The van der Waals surface area contributed by atoms with E-state index in [9.17, 15) is 10.1 Å². The molecule has 0 spiro atoms. The minimum Gasteiger partial charge on any atom is -0.361 e. The highest BCUT2D eigenvalue weighted by atomic mass is 16.6. The van der Waals surface area contributed by atoms with Gasteiger partial charge in [-0.1, -0.05) is 66.7 Å². The van der Waals surface area contributed by atoms with E-state index in [4.69, 9.17) is 0 Å². The van der Waals surface area contributed by atoms with Crippen molar-refractivity contribution >= 4 is 11.5 Å². The lowest BCUT2D eigenvalue weighted by Crippen LogP contribution is -2.09. The zero-order valence-electron chi connectivity index (χ0n) is 14.3.